The van der Waals surface area contributed by atoms with Crippen LogP contribution in [0.25, 0.3) is 11.5 Å². The van der Waals surface area contributed by atoms with Gasteiger partial charge in [-0.3, -0.25) is 14.2 Å². The summed E-state index contributed by atoms with van der Waals surface area (Å²) in [5.74, 6) is -4.71. The van der Waals surface area contributed by atoms with Crippen LogP contribution >= 0.6 is 0 Å². The van der Waals surface area contributed by atoms with Gasteiger partial charge in [-0.05, 0) is 12.1 Å². The average Bonchev–Trinajstić information content (AvgIpc) is 3.14. The molecule has 0 bridgehead atoms. The number of anilines is 1. The molecule has 0 saturated heterocycles. The van der Waals surface area contributed by atoms with E-state index in [0.717, 1.165) is 0 Å². The first-order valence-corrected chi connectivity index (χ1v) is 10.9. The Hall–Kier alpha value is -3.42. The molecule has 176 valence electrons. The van der Waals surface area contributed by atoms with E-state index in [0.29, 0.717) is 6.20 Å². The second-order valence-corrected chi connectivity index (χ2v) is 8.74. The van der Waals surface area contributed by atoms with Gasteiger partial charge in [-0.1, -0.05) is 18.2 Å². The highest BCUT2D eigenvalue weighted by Gasteiger charge is 2.30. The summed E-state index contributed by atoms with van der Waals surface area (Å²) in [7, 11) is -4.57. The number of Topliss-reactive ketones (excluding diaryl/α,β-unsaturated/α-hetero) is 1. The molecule has 0 spiro atoms. The van der Waals surface area contributed by atoms with Crippen LogP contribution in [-0.2, 0) is 16.6 Å². The molecule has 14 heteroatoms. The van der Waals surface area contributed by atoms with Gasteiger partial charge in [0.25, 0.3) is 0 Å². The van der Waals surface area contributed by atoms with Crippen molar-refractivity contribution in [2.24, 2.45) is 0 Å². The van der Waals surface area contributed by atoms with E-state index in [2.05, 4.69) is 15.1 Å². The lowest BCUT2D eigenvalue weighted by Gasteiger charge is -2.10. The van der Waals surface area contributed by atoms with Crippen LogP contribution < -0.4 is 4.72 Å². The quantitative estimate of drug-likeness (QED) is 0.383. The largest absolute Gasteiger partial charge is 0.390 e. The topological polar surface area (TPSA) is 107 Å². The third kappa shape index (κ3) is 6.31. The van der Waals surface area contributed by atoms with Crippen LogP contribution in [0, 0.1) is 11.6 Å². The van der Waals surface area contributed by atoms with E-state index < -0.39 is 51.6 Å². The zero-order valence-electron chi connectivity index (χ0n) is 16.9. The minimum Gasteiger partial charge on any atom is -0.293 e. The predicted molar refractivity (Wildman–Crippen MR) is 107 cm³/mol. The maximum atomic E-state index is 14.0. The minimum atomic E-state index is -4.72. The Balaban J connectivity index is 1.92. The lowest BCUT2D eigenvalue weighted by Crippen LogP contribution is -2.23. The molecule has 1 N–H and O–H groups in total. The van der Waals surface area contributed by atoms with Gasteiger partial charge in [-0.15, -0.1) is 0 Å². The summed E-state index contributed by atoms with van der Waals surface area (Å²) in [6, 6.07) is 7.05. The molecule has 0 amide bonds. The summed E-state index contributed by atoms with van der Waals surface area (Å²) in [5.41, 5.74) is 0.216. The fraction of sp³-hybridized carbons (Fsp3) is 0.263. The van der Waals surface area contributed by atoms with Crippen molar-refractivity contribution in [3.8, 4) is 11.5 Å². The molecule has 33 heavy (non-hydrogen) atoms. The van der Waals surface area contributed by atoms with Crippen LogP contribution in [0.5, 0.6) is 0 Å². The Bertz CT molecular complexity index is 1290. The van der Waals surface area contributed by atoms with E-state index in [1.165, 1.54) is 35.9 Å². The molecule has 3 rings (SSSR count). The first-order chi connectivity index (χ1) is 15.3. The second-order valence-electron chi connectivity index (χ2n) is 6.90. The number of carbonyl (C=O) groups excluding carboxylic acids is 1. The van der Waals surface area contributed by atoms with E-state index in [9.17, 15) is 35.2 Å². The Morgan fingerprint density at radius 2 is 1.85 bits per heavy atom. The summed E-state index contributed by atoms with van der Waals surface area (Å²) in [4.78, 5) is 19.4. The second kappa shape index (κ2) is 9.21. The van der Waals surface area contributed by atoms with Crippen LogP contribution in [0.4, 0.5) is 27.8 Å². The molecule has 3 aromatic rings. The average molecular weight is 489 g/mol. The van der Waals surface area contributed by atoms with Gasteiger partial charge in [0.2, 0.25) is 10.0 Å². The van der Waals surface area contributed by atoms with Gasteiger partial charge in [-0.2, -0.15) is 18.3 Å². The number of nitrogens with one attached hydrogen (secondary N) is 1. The van der Waals surface area contributed by atoms with E-state index in [1.54, 1.807) is 10.8 Å². The molecule has 2 aromatic heterocycles. The van der Waals surface area contributed by atoms with Crippen molar-refractivity contribution in [3.63, 3.8) is 0 Å². The number of rotatable bonds is 8. The summed E-state index contributed by atoms with van der Waals surface area (Å²) in [5, 5.41) is 4.13. The smallest absolute Gasteiger partial charge is 0.293 e. The van der Waals surface area contributed by atoms with Gasteiger partial charge in [0.15, 0.2) is 23.2 Å². The molecule has 0 aliphatic carbocycles. The highest BCUT2D eigenvalue weighted by Crippen LogP contribution is 2.23. The van der Waals surface area contributed by atoms with Crippen molar-refractivity contribution < 1.29 is 35.2 Å². The molecule has 8 nitrogen and oxygen atoms in total. The summed E-state index contributed by atoms with van der Waals surface area (Å²) in [6.45, 7) is 1.12. The third-order valence-corrected chi connectivity index (χ3v) is 5.54. The summed E-state index contributed by atoms with van der Waals surface area (Å²) in [6.07, 6.45) is -5.75. The molecule has 0 aliphatic heterocycles. The normalized spacial score (nSPS) is 12.1. The number of alkyl halides is 3. The van der Waals surface area contributed by atoms with Gasteiger partial charge in [0.05, 0.1) is 24.9 Å². The van der Waals surface area contributed by atoms with E-state index in [-0.39, 0.29) is 29.3 Å². The van der Waals surface area contributed by atoms with Gasteiger partial charge >= 0.3 is 6.18 Å². The first-order valence-electron chi connectivity index (χ1n) is 9.27. The SMILES string of the molecule is CC(=O)c1cc(-c2ncc(F)c(NS(=O)(=O)CCC(F)(F)F)n2)nn1Cc1ccccc1F. The lowest BCUT2D eigenvalue weighted by atomic mass is 10.2. The minimum absolute atomic E-state index is 0.0495. The van der Waals surface area contributed by atoms with Crippen molar-refractivity contribution in [1.82, 2.24) is 19.7 Å². The highest BCUT2D eigenvalue weighted by molar-refractivity contribution is 7.92. The van der Waals surface area contributed by atoms with Crippen LogP contribution in [-0.4, -0.2) is 45.9 Å². The number of sulfonamides is 1. The van der Waals surface area contributed by atoms with Crippen molar-refractivity contribution in [2.75, 3.05) is 10.5 Å². The fourth-order valence-electron chi connectivity index (χ4n) is 2.73. The fourth-order valence-corrected chi connectivity index (χ4v) is 3.77. The Morgan fingerprint density at radius 3 is 2.48 bits per heavy atom. The van der Waals surface area contributed by atoms with Crippen LogP contribution in [0.3, 0.4) is 0 Å². The number of carbonyl (C=O) groups is 1. The highest BCUT2D eigenvalue weighted by atomic mass is 32.2. The first kappa shape index (κ1) is 24.2. The maximum absolute atomic E-state index is 14.0. The molecule has 2 heterocycles. The van der Waals surface area contributed by atoms with Crippen LogP contribution in [0.15, 0.2) is 36.5 Å². The number of halogens is 5. The Morgan fingerprint density at radius 1 is 1.15 bits per heavy atom. The molecule has 0 fully saturated rings. The van der Waals surface area contributed by atoms with Crippen LogP contribution in [0.1, 0.15) is 29.4 Å². The number of hydrogen-bond donors (Lipinski definition) is 1. The van der Waals surface area contributed by atoms with Gasteiger partial charge in [0.1, 0.15) is 17.2 Å². The molecule has 1 aromatic carbocycles. The van der Waals surface area contributed by atoms with Crippen molar-refractivity contribution in [3.05, 3.63) is 59.4 Å². The van der Waals surface area contributed by atoms with Crippen molar-refractivity contribution in [1.29, 1.82) is 0 Å². The van der Waals surface area contributed by atoms with Crippen LogP contribution in [0.2, 0.25) is 0 Å². The Kier molecular flexibility index (Phi) is 6.76. The van der Waals surface area contributed by atoms with Gasteiger partial charge in [0, 0.05) is 12.5 Å². The number of benzene rings is 1. The number of aromatic nitrogens is 4. The summed E-state index contributed by atoms with van der Waals surface area (Å²) >= 11 is 0. The standard InChI is InChI=1S/C19H16F5N5O3S/c1-11(30)16-8-15(27-29(16)10-12-4-2-3-5-13(12)20)18-25-9-14(21)17(26-18)28-33(31,32)7-6-19(22,23)24/h2-5,8-9H,6-7,10H2,1H3,(H,25,26,28). The summed E-state index contributed by atoms with van der Waals surface area (Å²) < 4.78 is 91.6. The van der Waals surface area contributed by atoms with Gasteiger partial charge in [-0.25, -0.2) is 27.2 Å². The lowest BCUT2D eigenvalue weighted by molar-refractivity contribution is -0.129. The molecule has 0 aliphatic rings. The monoisotopic (exact) mass is 489 g/mol. The number of nitrogens with zero attached hydrogens (tertiary/aromatic N) is 4. The van der Waals surface area contributed by atoms with Crippen molar-refractivity contribution >= 4 is 21.6 Å². The zero-order chi connectivity index (χ0) is 24.4. The van der Waals surface area contributed by atoms with E-state index in [4.69, 9.17) is 0 Å². The maximum Gasteiger partial charge on any atom is 0.390 e. The number of hydrogen-bond acceptors (Lipinski definition) is 6. The molecule has 0 unspecified atom stereocenters. The van der Waals surface area contributed by atoms with E-state index in [1.807, 2.05) is 0 Å². The van der Waals surface area contributed by atoms with Crippen molar-refractivity contribution in [2.45, 2.75) is 26.1 Å². The predicted octanol–water partition coefficient (Wildman–Crippen LogP) is 3.56. The molecular formula is C19H16F5N5O3S. The zero-order valence-corrected chi connectivity index (χ0v) is 17.7. The van der Waals surface area contributed by atoms with Gasteiger partial charge < -0.3 is 0 Å². The molecule has 0 radical (unpaired) electrons. The number of ketones is 1. The molecule has 0 saturated carbocycles. The third-order valence-electron chi connectivity index (χ3n) is 4.30. The van der Waals surface area contributed by atoms with E-state index >= 15 is 0 Å². The molecule has 0 atom stereocenters. The molecular weight excluding hydrogens is 473 g/mol. The Labute approximate surface area is 184 Å².